The molecule has 1 fully saturated rings. The topological polar surface area (TPSA) is 78.7 Å². The van der Waals surface area contributed by atoms with Crippen LogP contribution in [0.2, 0.25) is 0 Å². The molecule has 162 valence electrons. The van der Waals surface area contributed by atoms with Gasteiger partial charge in [-0.3, -0.25) is 14.9 Å². The molecule has 7 nitrogen and oxygen atoms in total. The Kier molecular flexibility index (Phi) is 5.68. The van der Waals surface area contributed by atoms with Crippen LogP contribution in [0.1, 0.15) is 25.7 Å². The monoisotopic (exact) mass is 450 g/mol. The zero-order valence-corrected chi connectivity index (χ0v) is 16.9. The van der Waals surface area contributed by atoms with E-state index in [1.807, 2.05) is 0 Å². The number of hydrogen-bond acceptors (Lipinski definition) is 6. The van der Waals surface area contributed by atoms with Crippen molar-refractivity contribution in [3.63, 3.8) is 0 Å². The van der Waals surface area contributed by atoms with Crippen LogP contribution in [0.4, 0.5) is 24.9 Å². The third-order valence-electron chi connectivity index (χ3n) is 4.79. The zero-order valence-electron chi connectivity index (χ0n) is 16.1. The Bertz CT molecular complexity index is 1070. The first-order valence-electron chi connectivity index (χ1n) is 9.33. The molecule has 4 rings (SSSR count). The van der Waals surface area contributed by atoms with E-state index in [1.165, 1.54) is 23.7 Å². The maximum Gasteiger partial charge on any atom is 0.416 e. The third kappa shape index (κ3) is 4.71. The molecule has 0 unspecified atom stereocenters. The predicted molar refractivity (Wildman–Crippen MR) is 108 cm³/mol. The van der Waals surface area contributed by atoms with Crippen molar-refractivity contribution in [3.8, 4) is 0 Å². The van der Waals surface area contributed by atoms with E-state index in [9.17, 15) is 22.8 Å². The number of carbonyl (C=O) groups is 2. The molecule has 1 aliphatic rings. The van der Waals surface area contributed by atoms with Crippen molar-refractivity contribution < 1.29 is 27.2 Å². The smallest absolute Gasteiger partial charge is 0.416 e. The number of benzene rings is 1. The second kappa shape index (κ2) is 8.42. The Labute approximate surface area is 179 Å². The van der Waals surface area contributed by atoms with Crippen molar-refractivity contribution in [2.45, 2.75) is 6.18 Å². The number of halogens is 3. The first-order chi connectivity index (χ1) is 14.8. The van der Waals surface area contributed by atoms with Crippen molar-refractivity contribution in [2.24, 2.45) is 0 Å². The lowest BCUT2D eigenvalue weighted by atomic mass is 10.1. The average Bonchev–Trinajstić information content (AvgIpc) is 3.45. The number of thiophene rings is 1. The van der Waals surface area contributed by atoms with Crippen molar-refractivity contribution in [2.75, 3.05) is 36.4 Å². The van der Waals surface area contributed by atoms with Gasteiger partial charge in [0.15, 0.2) is 5.69 Å². The van der Waals surface area contributed by atoms with Gasteiger partial charge in [0, 0.05) is 31.9 Å². The first-order valence-corrected chi connectivity index (χ1v) is 10.2. The summed E-state index contributed by atoms with van der Waals surface area (Å²) in [6, 6.07) is 8.44. The Morgan fingerprint density at radius 1 is 1.10 bits per heavy atom. The van der Waals surface area contributed by atoms with Gasteiger partial charge in [0.2, 0.25) is 0 Å². The second-order valence-corrected chi connectivity index (χ2v) is 7.74. The minimum absolute atomic E-state index is 0.0500. The van der Waals surface area contributed by atoms with E-state index in [0.29, 0.717) is 36.7 Å². The molecular formula is C20H17F3N4O3S. The van der Waals surface area contributed by atoms with Gasteiger partial charge in [0.25, 0.3) is 11.8 Å². The highest BCUT2D eigenvalue weighted by Gasteiger charge is 2.31. The normalized spacial score (nSPS) is 14.5. The predicted octanol–water partition coefficient (Wildman–Crippen LogP) is 3.97. The fourth-order valence-electron chi connectivity index (χ4n) is 3.20. The summed E-state index contributed by atoms with van der Waals surface area (Å²) in [5.74, 6) is -0.755. The van der Waals surface area contributed by atoms with Crippen molar-refractivity contribution in [1.82, 2.24) is 9.88 Å². The van der Waals surface area contributed by atoms with E-state index in [0.717, 1.165) is 12.1 Å². The maximum atomic E-state index is 12.9. The summed E-state index contributed by atoms with van der Waals surface area (Å²) < 4.78 is 44.0. The summed E-state index contributed by atoms with van der Waals surface area (Å²) in [7, 11) is 0. The van der Waals surface area contributed by atoms with E-state index in [4.69, 9.17) is 4.42 Å². The molecule has 3 aromatic rings. The number of aromatic nitrogens is 1. The molecule has 1 N–H and O–H groups in total. The second-order valence-electron chi connectivity index (χ2n) is 6.80. The summed E-state index contributed by atoms with van der Waals surface area (Å²) in [5.41, 5.74) is -0.195. The summed E-state index contributed by atoms with van der Waals surface area (Å²) in [5, 5.41) is 4.25. The molecule has 0 aliphatic carbocycles. The van der Waals surface area contributed by atoms with E-state index in [1.54, 1.807) is 33.4 Å². The molecule has 0 spiro atoms. The Morgan fingerprint density at radius 3 is 2.55 bits per heavy atom. The third-order valence-corrected chi connectivity index (χ3v) is 5.66. The summed E-state index contributed by atoms with van der Waals surface area (Å²) >= 11 is 1.26. The molecule has 1 aromatic carbocycles. The highest BCUT2D eigenvalue weighted by molar-refractivity contribution is 7.12. The first kappa shape index (κ1) is 20.9. The zero-order chi connectivity index (χ0) is 22.0. The molecule has 0 atom stereocenters. The summed E-state index contributed by atoms with van der Waals surface area (Å²) in [6.45, 7) is 1.40. The van der Waals surface area contributed by atoms with Gasteiger partial charge in [0.1, 0.15) is 6.26 Å². The van der Waals surface area contributed by atoms with Crippen LogP contribution in [0.25, 0.3) is 0 Å². The summed E-state index contributed by atoms with van der Waals surface area (Å²) in [6.07, 6.45) is -3.23. The van der Waals surface area contributed by atoms with E-state index < -0.39 is 11.7 Å². The molecule has 0 saturated carbocycles. The fraction of sp³-hybridized carbons (Fsp3) is 0.250. The molecule has 0 radical (unpaired) electrons. The van der Waals surface area contributed by atoms with Crippen LogP contribution in [0.15, 0.2) is 52.5 Å². The van der Waals surface area contributed by atoms with Gasteiger partial charge in [-0.2, -0.15) is 18.2 Å². The molecule has 1 aliphatic heterocycles. The average molecular weight is 450 g/mol. The molecule has 11 heteroatoms. The lowest BCUT2D eigenvalue weighted by molar-refractivity contribution is -0.137. The minimum Gasteiger partial charge on any atom is -0.431 e. The molecule has 1 saturated heterocycles. The molecule has 0 bridgehead atoms. The number of oxazole rings is 1. The fourth-order valence-corrected chi connectivity index (χ4v) is 3.82. The SMILES string of the molecule is O=C(Nc1nc(C(=O)N2CCN(c3cccc(C(F)(F)F)c3)CC2)co1)c1cccs1. The van der Waals surface area contributed by atoms with Gasteiger partial charge in [-0.05, 0) is 29.6 Å². The maximum absolute atomic E-state index is 12.9. The number of alkyl halides is 3. The number of piperazine rings is 1. The quantitative estimate of drug-likeness (QED) is 0.651. The number of carbonyl (C=O) groups excluding carboxylic acids is 2. The van der Waals surface area contributed by atoms with Crippen molar-refractivity contribution >= 4 is 34.9 Å². The number of nitrogens with one attached hydrogen (secondary N) is 1. The van der Waals surface area contributed by atoms with Gasteiger partial charge < -0.3 is 14.2 Å². The van der Waals surface area contributed by atoms with E-state index >= 15 is 0 Å². The molecule has 31 heavy (non-hydrogen) atoms. The van der Waals surface area contributed by atoms with Crippen LogP contribution in [0.3, 0.4) is 0 Å². The lowest BCUT2D eigenvalue weighted by Crippen LogP contribution is -2.49. The molecule has 2 amide bonds. The van der Waals surface area contributed by atoms with E-state index in [-0.39, 0.29) is 23.5 Å². The van der Waals surface area contributed by atoms with E-state index in [2.05, 4.69) is 10.3 Å². The molecule has 2 aromatic heterocycles. The minimum atomic E-state index is -4.41. The molecule has 3 heterocycles. The number of amides is 2. The Morgan fingerprint density at radius 2 is 1.87 bits per heavy atom. The number of rotatable bonds is 4. The van der Waals surface area contributed by atoms with Crippen LogP contribution in [-0.2, 0) is 6.18 Å². The Balaban J connectivity index is 1.36. The van der Waals surface area contributed by atoms with Gasteiger partial charge in [-0.15, -0.1) is 11.3 Å². The van der Waals surface area contributed by atoms with Crippen LogP contribution >= 0.6 is 11.3 Å². The van der Waals surface area contributed by atoms with Crippen molar-refractivity contribution in [1.29, 1.82) is 0 Å². The number of hydrogen-bond donors (Lipinski definition) is 1. The van der Waals surface area contributed by atoms with Gasteiger partial charge in [-0.25, -0.2) is 0 Å². The largest absolute Gasteiger partial charge is 0.431 e. The number of nitrogens with zero attached hydrogens (tertiary/aromatic N) is 3. The van der Waals surface area contributed by atoms with Crippen LogP contribution in [0.5, 0.6) is 0 Å². The lowest BCUT2D eigenvalue weighted by Gasteiger charge is -2.36. The Hall–Kier alpha value is -3.34. The van der Waals surface area contributed by atoms with Gasteiger partial charge >= 0.3 is 12.2 Å². The van der Waals surface area contributed by atoms with Gasteiger partial charge in [-0.1, -0.05) is 12.1 Å². The molecular weight excluding hydrogens is 433 g/mol. The van der Waals surface area contributed by atoms with Gasteiger partial charge in [0.05, 0.1) is 10.4 Å². The van der Waals surface area contributed by atoms with Crippen LogP contribution in [-0.4, -0.2) is 47.9 Å². The summed E-state index contributed by atoms with van der Waals surface area (Å²) in [4.78, 5) is 32.6. The van der Waals surface area contributed by atoms with Crippen LogP contribution < -0.4 is 10.2 Å². The van der Waals surface area contributed by atoms with Crippen molar-refractivity contribution in [3.05, 3.63) is 64.2 Å². The standard InChI is InChI=1S/C20H17F3N4O3S/c21-20(22,23)13-3-1-4-14(11-13)26-6-8-27(9-7-26)18(29)15-12-30-19(24-15)25-17(28)16-5-2-10-31-16/h1-5,10-12H,6-9H2,(H,24,25,28). The highest BCUT2D eigenvalue weighted by Crippen LogP contribution is 2.32. The van der Waals surface area contributed by atoms with Crippen LogP contribution in [0, 0.1) is 0 Å². The highest BCUT2D eigenvalue weighted by atomic mass is 32.1. The number of anilines is 2.